The number of amides is 2. The quantitative estimate of drug-likeness (QED) is 0.367. The van der Waals surface area contributed by atoms with Crippen LogP contribution in [0.25, 0.3) is 0 Å². The molecule has 0 bridgehead atoms. The summed E-state index contributed by atoms with van der Waals surface area (Å²) in [5, 5.41) is 2.94. The van der Waals surface area contributed by atoms with Gasteiger partial charge >= 0.3 is 0 Å². The highest BCUT2D eigenvalue weighted by Gasteiger charge is 2.30. The zero-order valence-corrected chi connectivity index (χ0v) is 21.0. The Morgan fingerprint density at radius 2 is 1.60 bits per heavy atom. The van der Waals surface area contributed by atoms with Crippen molar-refractivity contribution in [3.63, 3.8) is 0 Å². The molecule has 5 heteroatoms. The lowest BCUT2D eigenvalue weighted by atomic mass is 10.0. The predicted molar refractivity (Wildman–Crippen MR) is 140 cm³/mol. The van der Waals surface area contributed by atoms with Crippen molar-refractivity contribution in [1.82, 2.24) is 10.2 Å². The van der Waals surface area contributed by atoms with E-state index in [4.69, 9.17) is 4.74 Å². The summed E-state index contributed by atoms with van der Waals surface area (Å²) in [4.78, 5) is 28.5. The van der Waals surface area contributed by atoms with Gasteiger partial charge in [-0.1, -0.05) is 72.3 Å². The van der Waals surface area contributed by atoms with Crippen LogP contribution in [0.2, 0.25) is 0 Å². The van der Waals surface area contributed by atoms with Crippen LogP contribution in [0.3, 0.4) is 0 Å². The van der Waals surface area contributed by atoms with E-state index < -0.39 is 6.04 Å². The second-order valence-corrected chi connectivity index (χ2v) is 8.81. The van der Waals surface area contributed by atoms with E-state index in [1.54, 1.807) is 4.90 Å². The second-order valence-electron chi connectivity index (χ2n) is 8.81. The summed E-state index contributed by atoms with van der Waals surface area (Å²) in [6.45, 7) is 7.31. The first-order chi connectivity index (χ1) is 17.0. The molecule has 3 rings (SSSR count). The Kier molecular flexibility index (Phi) is 9.91. The van der Waals surface area contributed by atoms with E-state index >= 15 is 0 Å². The van der Waals surface area contributed by atoms with Crippen molar-refractivity contribution in [3.05, 3.63) is 101 Å². The topological polar surface area (TPSA) is 58.6 Å². The Bertz CT molecular complexity index is 1080. The third-order valence-electron chi connectivity index (χ3n) is 6.05. The molecule has 1 N–H and O–H groups in total. The van der Waals surface area contributed by atoms with E-state index in [9.17, 15) is 9.59 Å². The molecule has 0 saturated carbocycles. The average Bonchev–Trinajstić information content (AvgIpc) is 2.86. The van der Waals surface area contributed by atoms with Crippen LogP contribution in [-0.4, -0.2) is 35.9 Å². The Balaban J connectivity index is 1.77. The molecule has 0 heterocycles. The van der Waals surface area contributed by atoms with Gasteiger partial charge < -0.3 is 15.0 Å². The van der Waals surface area contributed by atoms with Gasteiger partial charge in [-0.15, -0.1) is 0 Å². The molecule has 5 nitrogen and oxygen atoms in total. The zero-order chi connectivity index (χ0) is 25.0. The van der Waals surface area contributed by atoms with E-state index in [1.165, 1.54) is 5.56 Å². The van der Waals surface area contributed by atoms with Gasteiger partial charge in [-0.05, 0) is 56.0 Å². The van der Waals surface area contributed by atoms with Crippen molar-refractivity contribution in [3.8, 4) is 5.75 Å². The molecular formula is C30H36N2O3. The number of carbonyl (C=O) groups is 2. The van der Waals surface area contributed by atoms with Gasteiger partial charge in [0.25, 0.3) is 0 Å². The fourth-order valence-electron chi connectivity index (χ4n) is 4.01. The minimum Gasteiger partial charge on any atom is -0.494 e. The van der Waals surface area contributed by atoms with Gasteiger partial charge in [0.05, 0.1) is 6.61 Å². The molecule has 2 amide bonds. The van der Waals surface area contributed by atoms with Gasteiger partial charge in [0.1, 0.15) is 11.8 Å². The summed E-state index contributed by atoms with van der Waals surface area (Å²) >= 11 is 0. The lowest BCUT2D eigenvalue weighted by Crippen LogP contribution is -2.50. The van der Waals surface area contributed by atoms with E-state index in [0.29, 0.717) is 39.0 Å². The third-order valence-corrected chi connectivity index (χ3v) is 6.05. The highest BCUT2D eigenvalue weighted by molar-refractivity contribution is 5.88. The van der Waals surface area contributed by atoms with Crippen LogP contribution in [0.5, 0.6) is 5.75 Å². The molecule has 0 spiro atoms. The first kappa shape index (κ1) is 26.0. The van der Waals surface area contributed by atoms with Crippen molar-refractivity contribution in [1.29, 1.82) is 0 Å². The van der Waals surface area contributed by atoms with Gasteiger partial charge in [0, 0.05) is 25.9 Å². The van der Waals surface area contributed by atoms with Crippen LogP contribution in [-0.2, 0) is 22.6 Å². The Hall–Kier alpha value is -3.60. The molecule has 0 aliphatic rings. The van der Waals surface area contributed by atoms with Crippen LogP contribution < -0.4 is 10.1 Å². The number of aryl methyl sites for hydroxylation is 2. The smallest absolute Gasteiger partial charge is 0.243 e. The lowest BCUT2D eigenvalue weighted by molar-refractivity contribution is -0.141. The maximum Gasteiger partial charge on any atom is 0.243 e. The van der Waals surface area contributed by atoms with Crippen molar-refractivity contribution in [2.45, 2.75) is 52.6 Å². The largest absolute Gasteiger partial charge is 0.494 e. The molecular weight excluding hydrogens is 436 g/mol. The molecule has 3 aromatic rings. The number of carbonyl (C=O) groups excluding carboxylic acids is 2. The monoisotopic (exact) mass is 472 g/mol. The fraction of sp³-hybridized carbons (Fsp3) is 0.333. The molecule has 35 heavy (non-hydrogen) atoms. The molecule has 184 valence electrons. The van der Waals surface area contributed by atoms with Crippen molar-refractivity contribution in [2.75, 3.05) is 13.2 Å². The first-order valence-corrected chi connectivity index (χ1v) is 12.3. The maximum absolute atomic E-state index is 13.5. The molecule has 0 unspecified atom stereocenters. The highest BCUT2D eigenvalue weighted by Crippen LogP contribution is 2.19. The predicted octanol–water partition coefficient (Wildman–Crippen LogP) is 5.24. The number of nitrogens with one attached hydrogen (secondary N) is 1. The van der Waals surface area contributed by atoms with Crippen molar-refractivity contribution < 1.29 is 14.3 Å². The maximum atomic E-state index is 13.5. The molecule has 0 aliphatic heterocycles. The summed E-state index contributed by atoms with van der Waals surface area (Å²) < 4.78 is 5.82. The summed E-state index contributed by atoms with van der Waals surface area (Å²) in [7, 11) is 0. The molecule has 1 atom stereocenters. The van der Waals surface area contributed by atoms with Crippen LogP contribution in [0.4, 0.5) is 0 Å². The molecule has 0 aliphatic carbocycles. The minimum atomic E-state index is -0.595. The zero-order valence-electron chi connectivity index (χ0n) is 21.0. The van der Waals surface area contributed by atoms with E-state index in [2.05, 4.69) is 5.32 Å². The molecule has 0 saturated heterocycles. The van der Waals surface area contributed by atoms with Gasteiger partial charge in [0.15, 0.2) is 0 Å². The normalized spacial score (nSPS) is 11.5. The SMILES string of the molecule is CCNC(=O)[C@H](Cc1ccccc1)N(Cc1ccccc1C)C(=O)CCCOc1ccc(C)cc1. The Morgan fingerprint density at radius 3 is 2.29 bits per heavy atom. The Morgan fingerprint density at radius 1 is 0.914 bits per heavy atom. The van der Waals surface area contributed by atoms with Crippen molar-refractivity contribution in [2.24, 2.45) is 0 Å². The van der Waals surface area contributed by atoms with E-state index in [0.717, 1.165) is 22.4 Å². The average molecular weight is 473 g/mol. The summed E-state index contributed by atoms with van der Waals surface area (Å²) in [5.41, 5.74) is 4.34. The van der Waals surface area contributed by atoms with Gasteiger partial charge in [-0.3, -0.25) is 9.59 Å². The number of likely N-dealkylation sites (N-methyl/N-ethyl adjacent to an activating group) is 1. The number of hydrogen-bond acceptors (Lipinski definition) is 3. The Labute approximate surface area is 209 Å². The lowest BCUT2D eigenvalue weighted by Gasteiger charge is -2.32. The van der Waals surface area contributed by atoms with Gasteiger partial charge in [-0.2, -0.15) is 0 Å². The van der Waals surface area contributed by atoms with Gasteiger partial charge in [0.2, 0.25) is 11.8 Å². The number of rotatable bonds is 12. The van der Waals surface area contributed by atoms with Gasteiger partial charge in [-0.25, -0.2) is 0 Å². The first-order valence-electron chi connectivity index (χ1n) is 12.3. The second kappa shape index (κ2) is 13.3. The van der Waals surface area contributed by atoms with Crippen molar-refractivity contribution >= 4 is 11.8 Å². The molecule has 3 aromatic carbocycles. The van der Waals surface area contributed by atoms with Crippen LogP contribution >= 0.6 is 0 Å². The number of benzene rings is 3. The fourth-order valence-corrected chi connectivity index (χ4v) is 4.01. The minimum absolute atomic E-state index is 0.0482. The van der Waals surface area contributed by atoms with Crippen LogP contribution in [0, 0.1) is 13.8 Å². The van der Waals surface area contributed by atoms with Crippen LogP contribution in [0.1, 0.15) is 42.0 Å². The standard InChI is InChI=1S/C30H36N2O3/c1-4-31-30(34)28(21-25-12-6-5-7-13-25)32(22-26-14-9-8-11-24(26)3)29(33)15-10-20-35-27-18-16-23(2)17-19-27/h5-9,11-14,16-19,28H,4,10,15,20-22H2,1-3H3,(H,31,34)/t28-/m0/s1. The highest BCUT2D eigenvalue weighted by atomic mass is 16.5. The summed E-state index contributed by atoms with van der Waals surface area (Å²) in [6.07, 6.45) is 1.34. The third kappa shape index (κ3) is 7.99. The number of ether oxygens (including phenoxy) is 1. The van der Waals surface area contributed by atoms with Crippen LogP contribution in [0.15, 0.2) is 78.9 Å². The molecule has 0 radical (unpaired) electrons. The summed E-state index contributed by atoms with van der Waals surface area (Å²) in [5.74, 6) is 0.617. The molecule has 0 fully saturated rings. The van der Waals surface area contributed by atoms with E-state index in [1.807, 2.05) is 99.6 Å². The number of nitrogens with zero attached hydrogens (tertiary/aromatic N) is 1. The number of hydrogen-bond donors (Lipinski definition) is 1. The van der Waals surface area contributed by atoms with E-state index in [-0.39, 0.29) is 11.8 Å². The summed E-state index contributed by atoms with van der Waals surface area (Å²) in [6, 6.07) is 25.2. The molecule has 0 aromatic heterocycles.